The number of hydrogen-bond donors (Lipinski definition) is 1. The first-order chi connectivity index (χ1) is 8.75. The highest BCUT2D eigenvalue weighted by Crippen LogP contribution is 2.38. The van der Waals surface area contributed by atoms with Crippen LogP contribution in [-0.4, -0.2) is 17.7 Å². The highest BCUT2D eigenvalue weighted by Gasteiger charge is 2.33. The topological polar surface area (TPSA) is 46.5 Å². The number of carbonyl (C=O) groups excluding carboxylic acids is 1. The van der Waals surface area contributed by atoms with Gasteiger partial charge in [-0.15, -0.1) is 0 Å². The van der Waals surface area contributed by atoms with E-state index in [9.17, 15) is 9.90 Å². The van der Waals surface area contributed by atoms with Crippen LogP contribution in [0.3, 0.4) is 0 Å². The van der Waals surface area contributed by atoms with Gasteiger partial charge in [0.15, 0.2) is 0 Å². The number of aromatic hydroxyl groups is 1. The second-order valence-electron chi connectivity index (χ2n) is 4.15. The molecule has 5 radical (unpaired) electrons. The quantitative estimate of drug-likeness (QED) is 0.804. The second-order valence-corrected chi connectivity index (χ2v) is 4.15. The SMILES string of the molecule is O=C1OCC([C]2[CH][CH][CH][CH]2)=C1c1ccc(O)cc1. The molecule has 3 nitrogen and oxygen atoms in total. The number of hydrogen-bond acceptors (Lipinski definition) is 3. The molecule has 1 fully saturated rings. The van der Waals surface area contributed by atoms with Crippen LogP contribution in [0.1, 0.15) is 5.56 Å². The van der Waals surface area contributed by atoms with Crippen LogP contribution < -0.4 is 0 Å². The number of phenolic OH excluding ortho intramolecular Hbond substituents is 1. The lowest BCUT2D eigenvalue weighted by Gasteiger charge is -2.09. The molecule has 0 bridgehead atoms. The maximum absolute atomic E-state index is 11.8. The zero-order valence-corrected chi connectivity index (χ0v) is 9.59. The molecule has 0 amide bonds. The molecule has 3 heteroatoms. The first kappa shape index (κ1) is 11.3. The Labute approximate surface area is 106 Å². The normalized spacial score (nSPS) is 20.6. The van der Waals surface area contributed by atoms with Crippen molar-refractivity contribution in [3.63, 3.8) is 0 Å². The van der Waals surface area contributed by atoms with Gasteiger partial charge < -0.3 is 9.84 Å². The van der Waals surface area contributed by atoms with Gasteiger partial charge in [0.05, 0.1) is 5.57 Å². The van der Waals surface area contributed by atoms with Gasteiger partial charge in [0.25, 0.3) is 0 Å². The van der Waals surface area contributed by atoms with E-state index in [1.807, 2.05) is 25.7 Å². The predicted molar refractivity (Wildman–Crippen MR) is 66.4 cm³/mol. The second kappa shape index (κ2) is 4.48. The fraction of sp³-hybridized carbons (Fsp3) is 0.0667. The Morgan fingerprint density at radius 3 is 2.39 bits per heavy atom. The van der Waals surface area contributed by atoms with Crippen molar-refractivity contribution in [2.75, 3.05) is 6.61 Å². The minimum atomic E-state index is -0.308. The van der Waals surface area contributed by atoms with Crippen molar-refractivity contribution in [3.8, 4) is 5.75 Å². The van der Waals surface area contributed by atoms with Crippen molar-refractivity contribution in [2.45, 2.75) is 0 Å². The summed E-state index contributed by atoms with van der Waals surface area (Å²) in [5.41, 5.74) is 2.25. The van der Waals surface area contributed by atoms with E-state index in [1.54, 1.807) is 24.3 Å². The van der Waals surface area contributed by atoms with Crippen molar-refractivity contribution in [2.24, 2.45) is 0 Å². The highest BCUT2D eigenvalue weighted by atomic mass is 16.5. The van der Waals surface area contributed by atoms with Gasteiger partial charge in [0, 0.05) is 5.92 Å². The molecule has 0 saturated heterocycles. The summed E-state index contributed by atoms with van der Waals surface area (Å²) in [6, 6.07) is 6.58. The number of carbonyl (C=O) groups is 1. The average Bonchev–Trinajstić information content (AvgIpc) is 2.99. The average molecular weight is 239 g/mol. The highest BCUT2D eigenvalue weighted by molar-refractivity contribution is 6.20. The van der Waals surface area contributed by atoms with E-state index in [-0.39, 0.29) is 11.7 Å². The Morgan fingerprint density at radius 2 is 1.72 bits per heavy atom. The molecule has 1 saturated carbocycles. The molecule has 0 atom stereocenters. The van der Waals surface area contributed by atoms with E-state index < -0.39 is 0 Å². The van der Waals surface area contributed by atoms with E-state index in [0.717, 1.165) is 17.1 Å². The number of ether oxygens (including phenoxy) is 1. The molecule has 1 aromatic carbocycles. The summed E-state index contributed by atoms with van der Waals surface area (Å²) in [5.74, 6) is 0.876. The molecule has 2 aliphatic rings. The molecule has 1 N–H and O–H groups in total. The third-order valence-electron chi connectivity index (χ3n) is 3.02. The zero-order valence-electron chi connectivity index (χ0n) is 9.59. The molecule has 0 spiro atoms. The summed E-state index contributed by atoms with van der Waals surface area (Å²) in [4.78, 5) is 11.8. The number of rotatable bonds is 2. The van der Waals surface area contributed by atoms with Gasteiger partial charge in [-0.3, -0.25) is 0 Å². The van der Waals surface area contributed by atoms with Gasteiger partial charge in [-0.2, -0.15) is 0 Å². The summed E-state index contributed by atoms with van der Waals surface area (Å²) < 4.78 is 5.11. The molecule has 18 heavy (non-hydrogen) atoms. The molecule has 1 heterocycles. The van der Waals surface area contributed by atoms with E-state index in [4.69, 9.17) is 4.74 Å². The fourth-order valence-electron chi connectivity index (χ4n) is 2.13. The van der Waals surface area contributed by atoms with Crippen LogP contribution in [0.15, 0.2) is 29.8 Å². The van der Waals surface area contributed by atoms with Crippen LogP contribution >= 0.6 is 0 Å². The van der Waals surface area contributed by atoms with E-state index in [1.165, 1.54) is 0 Å². The lowest BCUT2D eigenvalue weighted by atomic mass is 9.91. The lowest BCUT2D eigenvalue weighted by Crippen LogP contribution is -2.01. The smallest absolute Gasteiger partial charge is 0.339 e. The summed E-state index contributed by atoms with van der Waals surface area (Å²) in [5, 5.41) is 9.28. The predicted octanol–water partition coefficient (Wildman–Crippen LogP) is 2.11. The Kier molecular flexibility index (Phi) is 2.82. The third-order valence-corrected chi connectivity index (χ3v) is 3.02. The van der Waals surface area contributed by atoms with Gasteiger partial charge in [-0.05, 0) is 49.0 Å². The van der Waals surface area contributed by atoms with Crippen LogP contribution in [0.4, 0.5) is 0 Å². The molecule has 3 rings (SSSR count). The van der Waals surface area contributed by atoms with Gasteiger partial charge >= 0.3 is 5.97 Å². The monoisotopic (exact) mass is 239 g/mol. The molecule has 0 unspecified atom stereocenters. The molecule has 1 aliphatic carbocycles. The van der Waals surface area contributed by atoms with Crippen LogP contribution in [0, 0.1) is 31.6 Å². The summed E-state index contributed by atoms with van der Waals surface area (Å²) in [6.07, 6.45) is 7.77. The zero-order chi connectivity index (χ0) is 12.5. The number of cyclic esters (lactones) is 1. The summed E-state index contributed by atoms with van der Waals surface area (Å²) in [7, 11) is 0. The van der Waals surface area contributed by atoms with Crippen molar-refractivity contribution < 1.29 is 14.6 Å². The van der Waals surface area contributed by atoms with Crippen molar-refractivity contribution in [1.29, 1.82) is 0 Å². The van der Waals surface area contributed by atoms with Gasteiger partial charge in [0.1, 0.15) is 12.4 Å². The van der Waals surface area contributed by atoms with Crippen molar-refractivity contribution in [1.82, 2.24) is 0 Å². The van der Waals surface area contributed by atoms with Gasteiger partial charge in [0.2, 0.25) is 0 Å². The van der Waals surface area contributed by atoms with Crippen molar-refractivity contribution >= 4 is 11.5 Å². The molecule has 1 aromatic rings. The first-order valence-corrected chi connectivity index (χ1v) is 5.67. The minimum Gasteiger partial charge on any atom is -0.508 e. The molecular weight excluding hydrogens is 228 g/mol. The van der Waals surface area contributed by atoms with Gasteiger partial charge in [-0.1, -0.05) is 12.1 Å². The first-order valence-electron chi connectivity index (χ1n) is 5.67. The molecule has 1 aliphatic heterocycles. The Hall–Kier alpha value is -1.77. The Balaban J connectivity index is 2.01. The fourth-order valence-corrected chi connectivity index (χ4v) is 2.13. The molecule has 89 valence electrons. The lowest BCUT2D eigenvalue weighted by molar-refractivity contribution is -0.134. The summed E-state index contributed by atoms with van der Waals surface area (Å²) in [6.45, 7) is 0.305. The standard InChI is InChI=1S/C15H11O3/c16-12-7-5-11(6-8-12)14-13(9-18-15(14)17)10-3-1-2-4-10/h1-8,16H,9H2. The van der Waals surface area contributed by atoms with E-state index >= 15 is 0 Å². The number of phenols is 1. The number of esters is 1. The Morgan fingerprint density at radius 1 is 1.06 bits per heavy atom. The third kappa shape index (κ3) is 1.90. The van der Waals surface area contributed by atoms with Crippen LogP contribution in [0.2, 0.25) is 0 Å². The van der Waals surface area contributed by atoms with Crippen LogP contribution in [-0.2, 0) is 9.53 Å². The van der Waals surface area contributed by atoms with Crippen LogP contribution in [0.25, 0.3) is 5.57 Å². The Bertz CT molecular complexity index is 493. The molecular formula is C15H11O3. The van der Waals surface area contributed by atoms with Crippen LogP contribution in [0.5, 0.6) is 5.75 Å². The van der Waals surface area contributed by atoms with E-state index in [0.29, 0.717) is 12.2 Å². The van der Waals surface area contributed by atoms with Crippen molar-refractivity contribution in [3.05, 3.63) is 67.0 Å². The minimum absolute atomic E-state index is 0.181. The maximum atomic E-state index is 11.8. The van der Waals surface area contributed by atoms with Gasteiger partial charge in [-0.25, -0.2) is 4.79 Å². The number of benzene rings is 1. The molecule has 0 aromatic heterocycles. The largest absolute Gasteiger partial charge is 0.508 e. The van der Waals surface area contributed by atoms with E-state index in [2.05, 4.69) is 0 Å². The maximum Gasteiger partial charge on any atom is 0.339 e. The summed E-state index contributed by atoms with van der Waals surface area (Å²) >= 11 is 0.